The van der Waals surface area contributed by atoms with E-state index >= 15 is 0 Å². The lowest BCUT2D eigenvalue weighted by molar-refractivity contribution is 0.0180. The van der Waals surface area contributed by atoms with Crippen LogP contribution in [0.15, 0.2) is 29.7 Å². The first kappa shape index (κ1) is 8.94. The van der Waals surface area contributed by atoms with Crippen molar-refractivity contribution in [2.24, 2.45) is 0 Å². The van der Waals surface area contributed by atoms with Crippen molar-refractivity contribution in [3.8, 4) is 0 Å². The monoisotopic (exact) mass is 212 g/mol. The Morgan fingerprint density at radius 3 is 2.46 bits per heavy atom. The second kappa shape index (κ2) is 3.62. The number of thioether (sulfide) groups is 1. The SMILES string of the molecule is ON1[CH]SC=C1c1ccc(Cl)cc1. The van der Waals surface area contributed by atoms with Crippen LogP contribution in [-0.2, 0) is 0 Å². The van der Waals surface area contributed by atoms with E-state index in [0.29, 0.717) is 5.02 Å². The van der Waals surface area contributed by atoms with Crippen molar-refractivity contribution in [2.75, 3.05) is 0 Å². The van der Waals surface area contributed by atoms with E-state index in [1.807, 2.05) is 17.5 Å². The molecule has 0 aromatic heterocycles. The number of halogens is 1. The molecule has 0 saturated carbocycles. The van der Waals surface area contributed by atoms with Crippen LogP contribution in [0.2, 0.25) is 5.02 Å². The molecule has 0 fully saturated rings. The first-order chi connectivity index (χ1) is 6.27. The number of hydroxylamine groups is 2. The largest absolute Gasteiger partial charge is 0.287 e. The molecular weight excluding hydrogens is 206 g/mol. The summed E-state index contributed by atoms with van der Waals surface area (Å²) >= 11 is 7.19. The van der Waals surface area contributed by atoms with Gasteiger partial charge in [0.05, 0.1) is 5.70 Å². The van der Waals surface area contributed by atoms with Crippen LogP contribution >= 0.6 is 23.4 Å². The van der Waals surface area contributed by atoms with Crippen molar-refractivity contribution < 1.29 is 5.21 Å². The van der Waals surface area contributed by atoms with Crippen LogP contribution in [0.5, 0.6) is 0 Å². The minimum absolute atomic E-state index is 0.698. The van der Waals surface area contributed by atoms with E-state index < -0.39 is 0 Å². The maximum absolute atomic E-state index is 9.37. The summed E-state index contributed by atoms with van der Waals surface area (Å²) in [6.07, 6.45) is 0. The zero-order chi connectivity index (χ0) is 9.26. The highest BCUT2D eigenvalue weighted by Gasteiger charge is 2.15. The van der Waals surface area contributed by atoms with Gasteiger partial charge in [0.15, 0.2) is 0 Å². The molecule has 1 heterocycles. The lowest BCUT2D eigenvalue weighted by Crippen LogP contribution is -2.07. The molecule has 0 saturated heterocycles. The van der Waals surface area contributed by atoms with E-state index in [2.05, 4.69) is 0 Å². The van der Waals surface area contributed by atoms with Crippen molar-refractivity contribution in [3.05, 3.63) is 46.1 Å². The first-order valence-corrected chi connectivity index (χ1v) is 5.02. The Hall–Kier alpha value is -0.640. The average molecular weight is 213 g/mol. The third kappa shape index (κ3) is 1.82. The Morgan fingerprint density at radius 1 is 1.23 bits per heavy atom. The van der Waals surface area contributed by atoms with Gasteiger partial charge in [-0.3, -0.25) is 5.21 Å². The van der Waals surface area contributed by atoms with Gasteiger partial charge in [-0.15, -0.1) is 11.8 Å². The molecule has 0 unspecified atom stereocenters. The molecule has 67 valence electrons. The van der Waals surface area contributed by atoms with Gasteiger partial charge in [0.25, 0.3) is 0 Å². The molecule has 2 nitrogen and oxygen atoms in total. The van der Waals surface area contributed by atoms with E-state index in [4.69, 9.17) is 11.6 Å². The molecule has 0 spiro atoms. The summed E-state index contributed by atoms with van der Waals surface area (Å²) in [7, 11) is 0. The fraction of sp³-hybridized carbons (Fsp3) is 0. The highest BCUT2D eigenvalue weighted by Crippen LogP contribution is 2.32. The van der Waals surface area contributed by atoms with Gasteiger partial charge in [0.1, 0.15) is 5.88 Å². The lowest BCUT2D eigenvalue weighted by Gasteiger charge is -2.12. The predicted molar refractivity (Wildman–Crippen MR) is 54.9 cm³/mol. The van der Waals surface area contributed by atoms with Crippen LogP contribution in [-0.4, -0.2) is 10.3 Å². The minimum atomic E-state index is 0.698. The van der Waals surface area contributed by atoms with Crippen molar-refractivity contribution in [3.63, 3.8) is 0 Å². The molecule has 1 aromatic carbocycles. The van der Waals surface area contributed by atoms with Gasteiger partial charge in [0.2, 0.25) is 0 Å². The summed E-state index contributed by atoms with van der Waals surface area (Å²) in [5, 5.41) is 13.0. The predicted octanol–water partition coefficient (Wildman–Crippen LogP) is 3.20. The average Bonchev–Trinajstić information content (AvgIpc) is 2.53. The Morgan fingerprint density at radius 2 is 1.92 bits per heavy atom. The number of rotatable bonds is 1. The topological polar surface area (TPSA) is 23.5 Å². The minimum Gasteiger partial charge on any atom is -0.287 e. The molecule has 1 aliphatic rings. The Bertz CT molecular complexity index is 336. The molecule has 1 radical (unpaired) electrons. The summed E-state index contributed by atoms with van der Waals surface area (Å²) in [5.74, 6) is 1.63. The molecule has 2 rings (SSSR count). The van der Waals surface area contributed by atoms with Crippen LogP contribution in [0, 0.1) is 5.88 Å². The summed E-state index contributed by atoms with van der Waals surface area (Å²) in [4.78, 5) is 0. The molecule has 1 aromatic rings. The van der Waals surface area contributed by atoms with Gasteiger partial charge in [-0.1, -0.05) is 23.7 Å². The van der Waals surface area contributed by atoms with Gasteiger partial charge in [-0.2, -0.15) is 0 Å². The van der Waals surface area contributed by atoms with Crippen LogP contribution in [0.4, 0.5) is 0 Å². The van der Waals surface area contributed by atoms with E-state index in [-0.39, 0.29) is 0 Å². The van der Waals surface area contributed by atoms with E-state index in [9.17, 15) is 5.21 Å². The lowest BCUT2D eigenvalue weighted by atomic mass is 10.2. The van der Waals surface area contributed by atoms with Gasteiger partial charge in [-0.25, -0.2) is 5.06 Å². The number of hydrogen-bond donors (Lipinski definition) is 1. The van der Waals surface area contributed by atoms with Gasteiger partial charge < -0.3 is 0 Å². The van der Waals surface area contributed by atoms with Crippen molar-refractivity contribution in [1.82, 2.24) is 5.06 Å². The van der Waals surface area contributed by atoms with E-state index in [1.54, 1.807) is 18.0 Å². The molecule has 13 heavy (non-hydrogen) atoms. The first-order valence-electron chi connectivity index (χ1n) is 3.70. The fourth-order valence-corrected chi connectivity index (χ4v) is 1.87. The normalized spacial score (nSPS) is 16.2. The van der Waals surface area contributed by atoms with Crippen molar-refractivity contribution in [2.45, 2.75) is 0 Å². The van der Waals surface area contributed by atoms with E-state index in [0.717, 1.165) is 16.3 Å². The molecule has 0 aliphatic carbocycles. The smallest absolute Gasteiger partial charge is 0.138 e. The van der Waals surface area contributed by atoms with Crippen LogP contribution in [0.1, 0.15) is 5.56 Å². The molecule has 1 aliphatic heterocycles. The maximum Gasteiger partial charge on any atom is 0.138 e. The van der Waals surface area contributed by atoms with Gasteiger partial charge >= 0.3 is 0 Å². The molecule has 1 N–H and O–H groups in total. The quantitative estimate of drug-likeness (QED) is 0.774. The molecule has 0 atom stereocenters. The maximum atomic E-state index is 9.37. The second-order valence-electron chi connectivity index (χ2n) is 2.60. The molecule has 0 amide bonds. The third-order valence-electron chi connectivity index (χ3n) is 1.73. The van der Waals surface area contributed by atoms with Crippen LogP contribution < -0.4 is 0 Å². The van der Waals surface area contributed by atoms with E-state index in [1.165, 1.54) is 11.8 Å². The fourth-order valence-electron chi connectivity index (χ4n) is 1.08. The summed E-state index contributed by atoms with van der Waals surface area (Å²) < 4.78 is 0. The number of nitrogens with zero attached hydrogens (tertiary/aromatic N) is 1. The molecule has 4 heteroatoms. The number of benzene rings is 1. The third-order valence-corrected chi connectivity index (χ3v) is 2.66. The highest BCUT2D eigenvalue weighted by atomic mass is 35.5. The Balaban J connectivity index is 2.30. The molecular formula is C9H7ClNOS. The zero-order valence-corrected chi connectivity index (χ0v) is 8.22. The summed E-state index contributed by atoms with van der Waals surface area (Å²) in [6, 6.07) is 7.34. The number of hydrogen-bond acceptors (Lipinski definition) is 3. The van der Waals surface area contributed by atoms with Gasteiger partial charge in [-0.05, 0) is 17.5 Å². The van der Waals surface area contributed by atoms with Crippen molar-refractivity contribution >= 4 is 29.1 Å². The second-order valence-corrected chi connectivity index (χ2v) is 3.75. The van der Waals surface area contributed by atoms with Crippen molar-refractivity contribution in [1.29, 1.82) is 0 Å². The molecule has 0 bridgehead atoms. The standard InChI is InChI=1S/C9H7ClNOS/c10-8-3-1-7(2-4-8)9-5-13-6-11(9)12/h1-6,12H. The van der Waals surface area contributed by atoms with Crippen LogP contribution in [0.25, 0.3) is 5.70 Å². The zero-order valence-electron chi connectivity index (χ0n) is 6.64. The summed E-state index contributed by atoms with van der Waals surface area (Å²) in [6.45, 7) is 0. The van der Waals surface area contributed by atoms with Gasteiger partial charge in [0, 0.05) is 10.6 Å². The highest BCUT2D eigenvalue weighted by molar-refractivity contribution is 8.04. The van der Waals surface area contributed by atoms with Crippen LogP contribution in [0.3, 0.4) is 0 Å². The summed E-state index contributed by atoms with van der Waals surface area (Å²) in [5.41, 5.74) is 1.73. The Labute approximate surface area is 85.8 Å². The Kier molecular flexibility index (Phi) is 2.49.